The molecule has 1 aromatic heterocycles. The maximum atomic E-state index is 9.96. The summed E-state index contributed by atoms with van der Waals surface area (Å²) in [7, 11) is 1.38. The third-order valence-electron chi connectivity index (χ3n) is 1.33. The topological polar surface area (TPSA) is 39.2 Å². The molecule has 0 atom stereocenters. The number of aryl methyl sites for hydroxylation is 1. The fourth-order valence-corrected chi connectivity index (χ4v) is 0.592. The van der Waals surface area contributed by atoms with Gasteiger partial charge in [0.25, 0.3) is 0 Å². The predicted molar refractivity (Wildman–Crippen MR) is 51.3 cm³/mol. The van der Waals surface area contributed by atoms with Gasteiger partial charge in [-0.2, -0.15) is 0 Å². The van der Waals surface area contributed by atoms with E-state index in [-0.39, 0.29) is 5.97 Å². The largest absolute Gasteiger partial charge is 0.469 e. The second-order valence-corrected chi connectivity index (χ2v) is 2.40. The van der Waals surface area contributed by atoms with Gasteiger partial charge < -0.3 is 4.74 Å². The van der Waals surface area contributed by atoms with Gasteiger partial charge >= 0.3 is 5.97 Å². The Labute approximate surface area is 78.8 Å². The van der Waals surface area contributed by atoms with E-state index in [0.717, 1.165) is 5.69 Å². The van der Waals surface area contributed by atoms with Gasteiger partial charge in [0.05, 0.1) is 7.11 Å². The van der Waals surface area contributed by atoms with E-state index in [1.807, 2.05) is 25.1 Å². The summed E-state index contributed by atoms with van der Waals surface area (Å²) >= 11 is 0. The van der Waals surface area contributed by atoms with Crippen LogP contribution >= 0.6 is 0 Å². The van der Waals surface area contributed by atoms with Gasteiger partial charge in [0.1, 0.15) is 0 Å². The van der Waals surface area contributed by atoms with Crippen LogP contribution in [0.4, 0.5) is 0 Å². The van der Waals surface area contributed by atoms with Crippen LogP contribution in [0.2, 0.25) is 0 Å². The first-order chi connectivity index (χ1) is 6.20. The number of pyridine rings is 1. The third kappa shape index (κ3) is 7.00. The molecule has 0 N–H and O–H groups in total. The molecule has 0 radical (unpaired) electrons. The van der Waals surface area contributed by atoms with Crippen molar-refractivity contribution in [3.63, 3.8) is 0 Å². The smallest absolute Gasteiger partial charge is 0.305 e. The molecule has 0 amide bonds. The summed E-state index contributed by atoms with van der Waals surface area (Å²) in [5.74, 6) is -0.157. The van der Waals surface area contributed by atoms with Crippen molar-refractivity contribution in [2.24, 2.45) is 0 Å². The first kappa shape index (κ1) is 11.6. The minimum absolute atomic E-state index is 0.157. The zero-order chi connectivity index (χ0) is 10.1. The number of carbonyl (C=O) groups excluding carboxylic acids is 1. The van der Waals surface area contributed by atoms with Gasteiger partial charge in [-0.25, -0.2) is 0 Å². The van der Waals surface area contributed by atoms with Crippen molar-refractivity contribution in [1.82, 2.24) is 4.98 Å². The van der Waals surface area contributed by atoms with Crippen LogP contribution in [0, 0.1) is 6.92 Å². The van der Waals surface area contributed by atoms with Gasteiger partial charge in [-0.05, 0) is 19.1 Å². The van der Waals surface area contributed by atoms with Crippen molar-refractivity contribution in [3.8, 4) is 0 Å². The highest BCUT2D eigenvalue weighted by Gasteiger charge is 1.87. The van der Waals surface area contributed by atoms with Crippen LogP contribution in [0.15, 0.2) is 24.4 Å². The number of hydrogen-bond acceptors (Lipinski definition) is 3. The molecule has 0 aromatic carbocycles. The number of esters is 1. The van der Waals surface area contributed by atoms with Crippen molar-refractivity contribution in [2.75, 3.05) is 7.11 Å². The van der Waals surface area contributed by atoms with Gasteiger partial charge in [0.2, 0.25) is 0 Å². The molecule has 13 heavy (non-hydrogen) atoms. The average molecular weight is 181 g/mol. The van der Waals surface area contributed by atoms with Gasteiger partial charge in [-0.1, -0.05) is 13.0 Å². The Kier molecular flexibility index (Phi) is 6.51. The van der Waals surface area contributed by atoms with E-state index in [1.165, 1.54) is 7.11 Å². The molecular formula is C10H15NO2. The molecule has 1 rings (SSSR count). The van der Waals surface area contributed by atoms with E-state index in [0.29, 0.717) is 6.42 Å². The summed E-state index contributed by atoms with van der Waals surface area (Å²) in [6.07, 6.45) is 2.26. The lowest BCUT2D eigenvalue weighted by Crippen LogP contribution is -1.94. The highest BCUT2D eigenvalue weighted by Crippen LogP contribution is 1.86. The molecule has 0 aliphatic rings. The van der Waals surface area contributed by atoms with Crippen LogP contribution in [-0.2, 0) is 9.53 Å². The molecule has 0 bridgehead atoms. The second-order valence-electron chi connectivity index (χ2n) is 2.40. The standard InChI is InChI=1S/C6H7N.C4H8O2/c1-6-4-2-3-5-7-6;1-3-4(5)6-2/h2-5H,1H3;3H2,1-2H3. The normalized spacial score (nSPS) is 8.23. The molecule has 0 aliphatic heterocycles. The van der Waals surface area contributed by atoms with Gasteiger partial charge in [0, 0.05) is 18.3 Å². The van der Waals surface area contributed by atoms with Gasteiger partial charge in [-0.15, -0.1) is 0 Å². The molecule has 1 aromatic rings. The molecular weight excluding hydrogens is 166 g/mol. The van der Waals surface area contributed by atoms with E-state index in [9.17, 15) is 4.79 Å². The number of rotatable bonds is 1. The number of ether oxygens (including phenoxy) is 1. The highest BCUT2D eigenvalue weighted by atomic mass is 16.5. The monoisotopic (exact) mass is 181 g/mol. The van der Waals surface area contributed by atoms with Crippen molar-refractivity contribution >= 4 is 5.97 Å². The number of carbonyl (C=O) groups is 1. The molecule has 0 saturated carbocycles. The summed E-state index contributed by atoms with van der Waals surface area (Å²) in [6, 6.07) is 5.86. The number of aromatic nitrogens is 1. The summed E-state index contributed by atoms with van der Waals surface area (Å²) in [5, 5.41) is 0. The van der Waals surface area contributed by atoms with Crippen LogP contribution < -0.4 is 0 Å². The van der Waals surface area contributed by atoms with E-state index < -0.39 is 0 Å². The molecule has 72 valence electrons. The number of nitrogens with zero attached hydrogens (tertiary/aromatic N) is 1. The van der Waals surface area contributed by atoms with E-state index in [4.69, 9.17) is 0 Å². The lowest BCUT2D eigenvalue weighted by Gasteiger charge is -1.87. The quantitative estimate of drug-likeness (QED) is 0.622. The maximum absolute atomic E-state index is 9.96. The van der Waals surface area contributed by atoms with Gasteiger partial charge in [-0.3, -0.25) is 9.78 Å². The lowest BCUT2D eigenvalue weighted by molar-refractivity contribution is -0.140. The Hall–Kier alpha value is -1.38. The summed E-state index contributed by atoms with van der Waals surface area (Å²) in [6.45, 7) is 3.73. The fourth-order valence-electron chi connectivity index (χ4n) is 0.592. The summed E-state index contributed by atoms with van der Waals surface area (Å²) in [4.78, 5) is 13.9. The van der Waals surface area contributed by atoms with Crippen molar-refractivity contribution in [3.05, 3.63) is 30.1 Å². The molecule has 1 heterocycles. The van der Waals surface area contributed by atoms with E-state index in [2.05, 4.69) is 9.72 Å². The molecule has 3 nitrogen and oxygen atoms in total. The second kappa shape index (κ2) is 7.28. The molecule has 0 fully saturated rings. The van der Waals surface area contributed by atoms with Crippen LogP contribution in [0.3, 0.4) is 0 Å². The Bertz CT molecular complexity index is 228. The number of hydrogen-bond donors (Lipinski definition) is 0. The zero-order valence-electron chi connectivity index (χ0n) is 8.28. The van der Waals surface area contributed by atoms with Crippen molar-refractivity contribution in [2.45, 2.75) is 20.3 Å². The average Bonchev–Trinajstić information content (AvgIpc) is 2.19. The first-order valence-electron chi connectivity index (χ1n) is 4.15. The Morgan fingerprint density at radius 3 is 2.38 bits per heavy atom. The minimum atomic E-state index is -0.157. The van der Waals surface area contributed by atoms with Crippen LogP contribution in [0.5, 0.6) is 0 Å². The van der Waals surface area contributed by atoms with Crippen LogP contribution in [-0.4, -0.2) is 18.1 Å². The Morgan fingerprint density at radius 2 is 2.23 bits per heavy atom. The van der Waals surface area contributed by atoms with Crippen LogP contribution in [0.1, 0.15) is 19.0 Å². The van der Waals surface area contributed by atoms with E-state index in [1.54, 1.807) is 13.1 Å². The molecule has 0 aliphatic carbocycles. The first-order valence-corrected chi connectivity index (χ1v) is 4.15. The Morgan fingerprint density at radius 1 is 1.54 bits per heavy atom. The van der Waals surface area contributed by atoms with Gasteiger partial charge in [0.15, 0.2) is 0 Å². The molecule has 3 heteroatoms. The summed E-state index contributed by atoms with van der Waals surface area (Å²) in [5.41, 5.74) is 1.07. The SMILES string of the molecule is CCC(=O)OC.Cc1ccccn1. The van der Waals surface area contributed by atoms with Crippen molar-refractivity contribution in [1.29, 1.82) is 0 Å². The fraction of sp³-hybridized carbons (Fsp3) is 0.400. The summed E-state index contributed by atoms with van der Waals surface area (Å²) < 4.78 is 4.26. The zero-order valence-corrected chi connectivity index (χ0v) is 8.28. The van der Waals surface area contributed by atoms with E-state index >= 15 is 0 Å². The van der Waals surface area contributed by atoms with Crippen molar-refractivity contribution < 1.29 is 9.53 Å². The third-order valence-corrected chi connectivity index (χ3v) is 1.33. The highest BCUT2D eigenvalue weighted by molar-refractivity contribution is 5.68. The van der Waals surface area contributed by atoms with Crippen LogP contribution in [0.25, 0.3) is 0 Å². The minimum Gasteiger partial charge on any atom is -0.469 e. The number of methoxy groups -OCH3 is 1. The molecule has 0 saturated heterocycles. The lowest BCUT2D eigenvalue weighted by atomic mass is 10.4. The predicted octanol–water partition coefficient (Wildman–Crippen LogP) is 1.96. The Balaban J connectivity index is 0.000000226. The molecule has 0 unspecified atom stereocenters. The maximum Gasteiger partial charge on any atom is 0.305 e. The molecule has 0 spiro atoms.